The molecule has 3 aromatic rings. The molecule has 2 aromatic carbocycles. The van der Waals surface area contributed by atoms with Gasteiger partial charge in [0.15, 0.2) is 11.7 Å². The van der Waals surface area contributed by atoms with Crippen molar-refractivity contribution < 1.29 is 22.7 Å². The van der Waals surface area contributed by atoms with Crippen LogP contribution in [0.3, 0.4) is 0 Å². The van der Waals surface area contributed by atoms with Crippen LogP contribution in [0.15, 0.2) is 48.5 Å². The molecule has 0 aliphatic carbocycles. The highest BCUT2D eigenvalue weighted by molar-refractivity contribution is 6.31. The fourth-order valence-corrected chi connectivity index (χ4v) is 3.83. The van der Waals surface area contributed by atoms with E-state index in [0.29, 0.717) is 22.0 Å². The molecule has 1 aromatic heterocycles. The summed E-state index contributed by atoms with van der Waals surface area (Å²) in [5.74, 6) is 0.102. The molecule has 4 rings (SSSR count). The summed E-state index contributed by atoms with van der Waals surface area (Å²) in [4.78, 5) is 12.7. The van der Waals surface area contributed by atoms with Crippen LogP contribution >= 0.6 is 11.6 Å². The number of halogens is 4. The number of nitrogens with one attached hydrogen (secondary N) is 2. The van der Waals surface area contributed by atoms with Crippen molar-refractivity contribution in [2.45, 2.75) is 31.6 Å². The van der Waals surface area contributed by atoms with Crippen molar-refractivity contribution in [3.8, 4) is 5.75 Å². The minimum atomic E-state index is -4.54. The molecule has 0 bridgehead atoms. The fraction of sp³-hybridized carbons (Fsp3) is 0.273. The van der Waals surface area contributed by atoms with Crippen molar-refractivity contribution in [1.29, 1.82) is 0 Å². The molecule has 1 amide bonds. The number of anilines is 2. The number of hydrogen-bond donors (Lipinski definition) is 2. The van der Waals surface area contributed by atoms with E-state index in [9.17, 15) is 18.0 Å². The predicted octanol–water partition coefficient (Wildman–Crippen LogP) is 5.77. The predicted molar refractivity (Wildman–Crippen MR) is 115 cm³/mol. The number of carbonyl (C=O) groups excluding carboxylic acids is 1. The first-order chi connectivity index (χ1) is 15.2. The molecule has 168 valence electrons. The molecular weight excluding hydrogens is 445 g/mol. The van der Waals surface area contributed by atoms with Gasteiger partial charge in [-0.3, -0.25) is 4.79 Å². The molecule has 0 fully saturated rings. The number of hydrogen-bond acceptors (Lipinski definition) is 4. The van der Waals surface area contributed by atoms with Gasteiger partial charge < -0.3 is 15.4 Å². The smallest absolute Gasteiger partial charge is 0.410 e. The number of rotatable bonds is 4. The zero-order valence-corrected chi connectivity index (χ0v) is 18.0. The van der Waals surface area contributed by atoms with Crippen LogP contribution in [0.4, 0.5) is 24.7 Å². The van der Waals surface area contributed by atoms with E-state index in [4.69, 9.17) is 16.3 Å². The molecule has 0 saturated carbocycles. The lowest BCUT2D eigenvalue weighted by atomic mass is 9.97. The summed E-state index contributed by atoms with van der Waals surface area (Å²) >= 11 is 5.98. The number of carbonyl (C=O) groups is 1. The van der Waals surface area contributed by atoms with Crippen LogP contribution in [0.25, 0.3) is 0 Å². The minimum Gasteiger partial charge on any atom is -0.497 e. The lowest BCUT2D eigenvalue weighted by molar-refractivity contribution is -0.173. The number of alkyl halides is 3. The van der Waals surface area contributed by atoms with Crippen molar-refractivity contribution >= 4 is 29.0 Å². The Hall–Kier alpha value is -3.20. The number of nitrogens with zero attached hydrogens (tertiary/aromatic N) is 2. The van der Waals surface area contributed by atoms with Crippen molar-refractivity contribution in [3.05, 3.63) is 70.4 Å². The van der Waals surface area contributed by atoms with E-state index in [-0.39, 0.29) is 17.9 Å². The average molecular weight is 465 g/mol. The third kappa shape index (κ3) is 4.38. The highest BCUT2D eigenvalue weighted by Crippen LogP contribution is 2.43. The SMILES string of the molecule is COc1ccc([C@H]2C[C@@H](C(F)(F)F)n3nc(C(=O)Nc4cc(Cl)ccc4C)cc3N2)cc1. The van der Waals surface area contributed by atoms with E-state index in [1.807, 2.05) is 0 Å². The third-order valence-electron chi connectivity index (χ3n) is 5.39. The Morgan fingerprint density at radius 1 is 1.22 bits per heavy atom. The highest BCUT2D eigenvalue weighted by atomic mass is 35.5. The molecular formula is C22H20ClF3N4O2. The standard InChI is InChI=1S/C22H20ClF3N4O2/c1-12-3-6-14(23)9-16(12)28-21(31)18-11-20-27-17(13-4-7-15(32-2)8-5-13)10-19(22(24,25)26)30(20)29-18/h3-9,11,17,19,27H,10H2,1-2H3,(H,28,31)/t17-,19+/m1/s1. The largest absolute Gasteiger partial charge is 0.497 e. The maximum absolute atomic E-state index is 13.9. The average Bonchev–Trinajstić information content (AvgIpc) is 3.19. The quantitative estimate of drug-likeness (QED) is 0.514. The summed E-state index contributed by atoms with van der Waals surface area (Å²) in [7, 11) is 1.52. The molecule has 1 aliphatic heterocycles. The molecule has 0 spiro atoms. The zero-order chi connectivity index (χ0) is 23.0. The van der Waals surface area contributed by atoms with Crippen LogP contribution in [0, 0.1) is 6.92 Å². The van der Waals surface area contributed by atoms with Gasteiger partial charge in [0.2, 0.25) is 0 Å². The van der Waals surface area contributed by atoms with Gasteiger partial charge in [-0.15, -0.1) is 0 Å². The number of ether oxygens (including phenoxy) is 1. The summed E-state index contributed by atoms with van der Waals surface area (Å²) < 4.78 is 47.5. The Morgan fingerprint density at radius 2 is 1.94 bits per heavy atom. The first-order valence-corrected chi connectivity index (χ1v) is 10.2. The van der Waals surface area contributed by atoms with Crippen molar-refractivity contribution in [2.24, 2.45) is 0 Å². The molecule has 1 aliphatic rings. The number of benzene rings is 2. The topological polar surface area (TPSA) is 68.2 Å². The van der Waals surface area contributed by atoms with Gasteiger partial charge >= 0.3 is 6.18 Å². The van der Waals surface area contributed by atoms with Crippen LogP contribution in [-0.4, -0.2) is 29.0 Å². The molecule has 6 nitrogen and oxygen atoms in total. The summed E-state index contributed by atoms with van der Waals surface area (Å²) in [5.41, 5.74) is 1.77. The summed E-state index contributed by atoms with van der Waals surface area (Å²) in [6.45, 7) is 1.78. The van der Waals surface area contributed by atoms with Crippen molar-refractivity contribution in [3.63, 3.8) is 0 Å². The van der Waals surface area contributed by atoms with Gasteiger partial charge in [-0.2, -0.15) is 18.3 Å². The van der Waals surface area contributed by atoms with E-state index in [1.165, 1.54) is 13.2 Å². The summed E-state index contributed by atoms with van der Waals surface area (Å²) in [6.07, 6.45) is -4.80. The van der Waals surface area contributed by atoms with E-state index in [2.05, 4.69) is 15.7 Å². The molecule has 2 atom stereocenters. The van der Waals surface area contributed by atoms with Crippen LogP contribution in [0.1, 0.15) is 40.1 Å². The van der Waals surface area contributed by atoms with E-state index in [1.54, 1.807) is 49.4 Å². The normalized spacial score (nSPS) is 17.9. The number of amides is 1. The van der Waals surface area contributed by atoms with Crippen LogP contribution < -0.4 is 15.4 Å². The number of fused-ring (bicyclic) bond motifs is 1. The van der Waals surface area contributed by atoms with Crippen LogP contribution in [-0.2, 0) is 0 Å². The Balaban J connectivity index is 1.64. The van der Waals surface area contributed by atoms with Gasteiger partial charge in [-0.05, 0) is 42.3 Å². The fourth-order valence-electron chi connectivity index (χ4n) is 3.65. The van der Waals surface area contributed by atoms with Crippen molar-refractivity contribution in [2.75, 3.05) is 17.7 Å². The van der Waals surface area contributed by atoms with Crippen LogP contribution in [0.5, 0.6) is 5.75 Å². The second-order valence-electron chi connectivity index (χ2n) is 7.54. The molecule has 32 heavy (non-hydrogen) atoms. The lowest BCUT2D eigenvalue weighted by Crippen LogP contribution is -2.35. The monoisotopic (exact) mass is 464 g/mol. The van der Waals surface area contributed by atoms with E-state index < -0.39 is 24.2 Å². The summed E-state index contributed by atoms with van der Waals surface area (Å²) in [5, 5.41) is 10.1. The van der Waals surface area contributed by atoms with Crippen LogP contribution in [0.2, 0.25) is 5.02 Å². The molecule has 10 heteroatoms. The molecule has 0 radical (unpaired) electrons. The number of aromatic nitrogens is 2. The third-order valence-corrected chi connectivity index (χ3v) is 5.62. The van der Waals surface area contributed by atoms with E-state index >= 15 is 0 Å². The van der Waals surface area contributed by atoms with Gasteiger partial charge in [0, 0.05) is 23.2 Å². The molecule has 0 unspecified atom stereocenters. The molecule has 2 heterocycles. The highest BCUT2D eigenvalue weighted by Gasteiger charge is 2.46. The van der Waals surface area contributed by atoms with E-state index in [0.717, 1.165) is 10.2 Å². The Bertz CT molecular complexity index is 1150. The first-order valence-electron chi connectivity index (χ1n) is 9.80. The zero-order valence-electron chi connectivity index (χ0n) is 17.2. The molecule has 2 N–H and O–H groups in total. The van der Waals surface area contributed by atoms with Gasteiger partial charge in [0.1, 0.15) is 11.6 Å². The van der Waals surface area contributed by atoms with Gasteiger partial charge in [-0.1, -0.05) is 29.8 Å². The number of aryl methyl sites for hydroxylation is 1. The number of methoxy groups -OCH3 is 1. The lowest BCUT2D eigenvalue weighted by Gasteiger charge is -2.33. The Kier molecular flexibility index (Phi) is 5.77. The van der Waals surface area contributed by atoms with Crippen molar-refractivity contribution in [1.82, 2.24) is 9.78 Å². The van der Waals surface area contributed by atoms with Gasteiger partial charge in [0.05, 0.1) is 13.2 Å². The van der Waals surface area contributed by atoms with Gasteiger partial charge in [-0.25, -0.2) is 4.68 Å². The van der Waals surface area contributed by atoms with Gasteiger partial charge in [0.25, 0.3) is 5.91 Å². The molecule has 0 saturated heterocycles. The maximum atomic E-state index is 13.9. The second-order valence-corrected chi connectivity index (χ2v) is 7.97. The minimum absolute atomic E-state index is 0.118. The Labute approximate surface area is 187 Å². The Morgan fingerprint density at radius 3 is 2.59 bits per heavy atom. The maximum Gasteiger partial charge on any atom is 0.410 e. The first kappa shape index (κ1) is 22.0. The summed E-state index contributed by atoms with van der Waals surface area (Å²) in [6, 6.07) is 10.6. The second kappa shape index (κ2) is 8.38.